The van der Waals surface area contributed by atoms with Crippen molar-refractivity contribution in [2.75, 3.05) is 0 Å². The zero-order valence-electron chi connectivity index (χ0n) is 13.7. The topological polar surface area (TPSA) is 73.0 Å². The first-order valence-electron chi connectivity index (χ1n) is 8.16. The van der Waals surface area contributed by atoms with E-state index in [1.54, 1.807) is 30.3 Å². The molecular weight excluding hydrogens is 323 g/mol. The Morgan fingerprint density at radius 3 is 2.96 bits per heavy atom. The number of rotatable bonds is 3. The maximum absolute atomic E-state index is 13.8. The Morgan fingerprint density at radius 1 is 1.28 bits per heavy atom. The van der Waals surface area contributed by atoms with Crippen molar-refractivity contribution in [1.82, 2.24) is 20.1 Å². The quantitative estimate of drug-likeness (QED) is 0.796. The molecule has 7 heteroatoms. The van der Waals surface area contributed by atoms with Crippen LogP contribution in [0.15, 0.2) is 40.8 Å². The number of amides is 1. The van der Waals surface area contributed by atoms with E-state index >= 15 is 0 Å². The van der Waals surface area contributed by atoms with Crippen molar-refractivity contribution in [3.63, 3.8) is 0 Å². The molecule has 0 saturated heterocycles. The highest BCUT2D eigenvalue weighted by Gasteiger charge is 2.24. The molecule has 1 amide bonds. The van der Waals surface area contributed by atoms with Gasteiger partial charge in [-0.3, -0.25) is 4.79 Å². The molecule has 25 heavy (non-hydrogen) atoms. The second kappa shape index (κ2) is 6.16. The summed E-state index contributed by atoms with van der Waals surface area (Å²) in [5.41, 5.74) is 0.337. The molecule has 1 aromatic carbocycles. The minimum absolute atomic E-state index is 0.0169. The molecule has 4 rings (SSSR count). The Balaban J connectivity index is 1.48. The summed E-state index contributed by atoms with van der Waals surface area (Å²) in [5.74, 6) is 1.61. The molecule has 0 bridgehead atoms. The van der Waals surface area contributed by atoms with E-state index < -0.39 is 0 Å². The Kier molecular flexibility index (Phi) is 3.83. The van der Waals surface area contributed by atoms with Gasteiger partial charge in [0.1, 0.15) is 23.2 Å². The van der Waals surface area contributed by atoms with Crippen LogP contribution in [0.2, 0.25) is 0 Å². The summed E-state index contributed by atoms with van der Waals surface area (Å²) in [7, 11) is 0. The molecule has 1 unspecified atom stereocenters. The Labute approximate surface area is 143 Å². The van der Waals surface area contributed by atoms with Gasteiger partial charge in [0, 0.05) is 19.0 Å². The third-order valence-electron chi connectivity index (χ3n) is 4.44. The predicted octanol–water partition coefficient (Wildman–Crippen LogP) is 2.73. The molecule has 1 atom stereocenters. The van der Waals surface area contributed by atoms with Crippen molar-refractivity contribution in [2.24, 2.45) is 0 Å². The van der Waals surface area contributed by atoms with E-state index in [9.17, 15) is 9.18 Å². The Bertz CT molecular complexity index is 931. The summed E-state index contributed by atoms with van der Waals surface area (Å²) in [6.07, 6.45) is 1.56. The van der Waals surface area contributed by atoms with Crippen LogP contribution in [0.25, 0.3) is 11.3 Å². The number of halogens is 1. The zero-order chi connectivity index (χ0) is 17.4. The van der Waals surface area contributed by atoms with Crippen LogP contribution in [-0.4, -0.2) is 26.7 Å². The molecule has 3 aromatic rings. The number of hydrogen-bond donors (Lipinski definition) is 1. The lowest BCUT2D eigenvalue weighted by Gasteiger charge is -2.24. The van der Waals surface area contributed by atoms with Gasteiger partial charge in [0.15, 0.2) is 5.76 Å². The number of benzene rings is 1. The van der Waals surface area contributed by atoms with E-state index in [2.05, 4.69) is 15.5 Å². The van der Waals surface area contributed by atoms with Gasteiger partial charge in [-0.1, -0.05) is 12.1 Å². The van der Waals surface area contributed by atoms with E-state index in [0.717, 1.165) is 24.5 Å². The molecule has 0 fully saturated rings. The van der Waals surface area contributed by atoms with Crippen LogP contribution in [0.4, 0.5) is 4.39 Å². The molecule has 128 valence electrons. The lowest BCUT2D eigenvalue weighted by atomic mass is 10.1. The van der Waals surface area contributed by atoms with Gasteiger partial charge in [0.2, 0.25) is 0 Å². The number of nitrogens with one attached hydrogen (secondary N) is 1. The van der Waals surface area contributed by atoms with Gasteiger partial charge in [-0.05, 0) is 37.6 Å². The molecule has 0 spiro atoms. The molecule has 2 aromatic heterocycles. The monoisotopic (exact) mass is 340 g/mol. The maximum Gasteiger partial charge on any atom is 0.287 e. The van der Waals surface area contributed by atoms with Gasteiger partial charge >= 0.3 is 0 Å². The molecule has 6 nitrogen and oxygen atoms in total. The summed E-state index contributed by atoms with van der Waals surface area (Å²) in [4.78, 5) is 12.4. The van der Waals surface area contributed by atoms with Crippen LogP contribution in [0.3, 0.4) is 0 Å². The molecule has 1 aliphatic rings. The summed E-state index contributed by atoms with van der Waals surface area (Å²) < 4.78 is 21.4. The SMILES string of the molecule is Cc1nnc2n1CC(NC(=O)c1ccc(-c3ccccc3F)o1)CC2. The lowest BCUT2D eigenvalue weighted by molar-refractivity contribution is 0.0900. The van der Waals surface area contributed by atoms with Gasteiger partial charge in [-0.2, -0.15) is 0 Å². The minimum atomic E-state index is -0.383. The number of furan rings is 1. The van der Waals surface area contributed by atoms with Crippen LogP contribution in [0.1, 0.15) is 28.6 Å². The molecule has 3 heterocycles. The summed E-state index contributed by atoms with van der Waals surface area (Å²) in [6.45, 7) is 2.54. The Morgan fingerprint density at radius 2 is 2.12 bits per heavy atom. The Hall–Kier alpha value is -2.96. The highest BCUT2D eigenvalue weighted by Crippen LogP contribution is 2.25. The van der Waals surface area contributed by atoms with Crippen LogP contribution in [0.5, 0.6) is 0 Å². The van der Waals surface area contributed by atoms with Crippen LogP contribution < -0.4 is 5.32 Å². The molecular formula is C18H17FN4O2. The average Bonchev–Trinajstić information content (AvgIpc) is 3.23. The molecule has 1 aliphatic heterocycles. The van der Waals surface area contributed by atoms with Gasteiger partial charge in [0.05, 0.1) is 5.56 Å². The van der Waals surface area contributed by atoms with Gasteiger partial charge in [0.25, 0.3) is 5.91 Å². The highest BCUT2D eigenvalue weighted by molar-refractivity contribution is 5.92. The van der Waals surface area contributed by atoms with E-state index in [4.69, 9.17) is 4.42 Å². The molecule has 0 aliphatic carbocycles. The number of hydrogen-bond acceptors (Lipinski definition) is 4. The average molecular weight is 340 g/mol. The highest BCUT2D eigenvalue weighted by atomic mass is 19.1. The summed E-state index contributed by atoms with van der Waals surface area (Å²) in [5, 5.41) is 11.2. The normalized spacial score (nSPS) is 16.5. The van der Waals surface area contributed by atoms with Crippen LogP contribution >= 0.6 is 0 Å². The number of carbonyl (C=O) groups is 1. The fourth-order valence-electron chi connectivity index (χ4n) is 3.10. The van der Waals surface area contributed by atoms with E-state index in [1.165, 1.54) is 6.07 Å². The van der Waals surface area contributed by atoms with E-state index in [0.29, 0.717) is 17.9 Å². The number of nitrogens with zero attached hydrogens (tertiary/aromatic N) is 3. The lowest BCUT2D eigenvalue weighted by Crippen LogP contribution is -2.41. The van der Waals surface area contributed by atoms with Gasteiger partial charge in [-0.25, -0.2) is 4.39 Å². The predicted molar refractivity (Wildman–Crippen MR) is 88.4 cm³/mol. The fraction of sp³-hybridized carbons (Fsp3) is 0.278. The summed E-state index contributed by atoms with van der Waals surface area (Å²) in [6, 6.07) is 9.47. The first kappa shape index (κ1) is 15.6. The smallest absolute Gasteiger partial charge is 0.287 e. The third-order valence-corrected chi connectivity index (χ3v) is 4.44. The first-order chi connectivity index (χ1) is 12.1. The maximum atomic E-state index is 13.8. The number of fused-ring (bicyclic) bond motifs is 1. The van der Waals surface area contributed by atoms with Crippen LogP contribution in [0, 0.1) is 12.7 Å². The van der Waals surface area contributed by atoms with Gasteiger partial charge < -0.3 is 14.3 Å². The number of carbonyl (C=O) groups excluding carboxylic acids is 1. The van der Waals surface area contributed by atoms with Crippen molar-refractivity contribution < 1.29 is 13.6 Å². The second-order valence-electron chi connectivity index (χ2n) is 6.13. The largest absolute Gasteiger partial charge is 0.451 e. The molecule has 0 saturated carbocycles. The van der Waals surface area contributed by atoms with Crippen molar-refractivity contribution in [3.05, 3.63) is 59.6 Å². The first-order valence-corrected chi connectivity index (χ1v) is 8.16. The zero-order valence-corrected chi connectivity index (χ0v) is 13.7. The third kappa shape index (κ3) is 2.93. The number of aryl methyl sites for hydroxylation is 2. The fourth-order valence-corrected chi connectivity index (χ4v) is 3.10. The minimum Gasteiger partial charge on any atom is -0.451 e. The standard InChI is InChI=1S/C18H17FN4O2/c1-11-21-22-17-9-6-12(10-23(11)17)20-18(24)16-8-7-15(25-16)13-4-2-3-5-14(13)19/h2-5,7-8,12H,6,9-10H2,1H3,(H,20,24). The van der Waals surface area contributed by atoms with E-state index in [-0.39, 0.29) is 23.5 Å². The van der Waals surface area contributed by atoms with Crippen molar-refractivity contribution in [1.29, 1.82) is 0 Å². The van der Waals surface area contributed by atoms with Crippen molar-refractivity contribution in [3.8, 4) is 11.3 Å². The molecule has 0 radical (unpaired) electrons. The molecule has 1 N–H and O–H groups in total. The van der Waals surface area contributed by atoms with Crippen molar-refractivity contribution in [2.45, 2.75) is 32.4 Å². The second-order valence-corrected chi connectivity index (χ2v) is 6.13. The van der Waals surface area contributed by atoms with Gasteiger partial charge in [-0.15, -0.1) is 10.2 Å². The number of aromatic nitrogens is 3. The van der Waals surface area contributed by atoms with Crippen LogP contribution in [-0.2, 0) is 13.0 Å². The summed E-state index contributed by atoms with van der Waals surface area (Å²) >= 11 is 0. The van der Waals surface area contributed by atoms with Crippen molar-refractivity contribution >= 4 is 5.91 Å². The van der Waals surface area contributed by atoms with E-state index in [1.807, 2.05) is 11.5 Å².